The summed E-state index contributed by atoms with van der Waals surface area (Å²) in [6, 6.07) is 3.84. The van der Waals surface area contributed by atoms with Gasteiger partial charge in [-0.1, -0.05) is 0 Å². The smallest absolute Gasteiger partial charge is 0.127 e. The lowest BCUT2D eigenvalue weighted by atomic mass is 10.2. The zero-order chi connectivity index (χ0) is 8.93. The Morgan fingerprint density at radius 3 is 3.23 bits per heavy atom. The van der Waals surface area contributed by atoms with Crippen molar-refractivity contribution < 1.29 is 4.74 Å². The molecule has 1 radical (unpaired) electrons. The lowest BCUT2D eigenvalue weighted by Crippen LogP contribution is -2.27. The Hall–Kier alpha value is -1.09. The predicted octanol–water partition coefficient (Wildman–Crippen LogP) is 1.82. The molecule has 0 saturated carbocycles. The maximum Gasteiger partial charge on any atom is 0.127 e. The van der Waals surface area contributed by atoms with Crippen molar-refractivity contribution in [3.8, 4) is 0 Å². The number of anilines is 1. The lowest BCUT2D eigenvalue weighted by Gasteiger charge is -2.23. The van der Waals surface area contributed by atoms with Gasteiger partial charge in [0, 0.05) is 12.8 Å². The highest BCUT2D eigenvalue weighted by Crippen LogP contribution is 2.15. The summed E-state index contributed by atoms with van der Waals surface area (Å²) < 4.78 is 5.52. The third-order valence-corrected chi connectivity index (χ3v) is 2.10. The Balaban J connectivity index is 1.90. The molecule has 1 atom stereocenters. The molecule has 1 unspecified atom stereocenters. The van der Waals surface area contributed by atoms with E-state index in [1.54, 1.807) is 6.20 Å². The van der Waals surface area contributed by atoms with Crippen molar-refractivity contribution in [2.75, 3.05) is 11.9 Å². The van der Waals surface area contributed by atoms with Gasteiger partial charge in [0.05, 0.1) is 5.69 Å². The maximum atomic E-state index is 5.52. The highest BCUT2D eigenvalue weighted by molar-refractivity contribution is 5.38. The molecule has 1 fully saturated rings. The van der Waals surface area contributed by atoms with Gasteiger partial charge in [0.15, 0.2) is 0 Å². The zero-order valence-electron chi connectivity index (χ0n) is 7.49. The summed E-state index contributed by atoms with van der Waals surface area (Å²) in [6.07, 6.45) is 8.22. The largest absolute Gasteiger partial charge is 0.359 e. The monoisotopic (exact) mass is 177 g/mol. The van der Waals surface area contributed by atoms with E-state index in [-0.39, 0.29) is 6.23 Å². The Bertz CT molecular complexity index is 244. The first kappa shape index (κ1) is 8.51. The number of nitrogens with zero attached hydrogens (tertiary/aromatic N) is 1. The second-order valence-electron chi connectivity index (χ2n) is 3.16. The molecule has 1 aliphatic rings. The van der Waals surface area contributed by atoms with E-state index in [0.717, 1.165) is 18.7 Å². The molecular weight excluding hydrogens is 164 g/mol. The van der Waals surface area contributed by atoms with Crippen molar-refractivity contribution >= 4 is 5.69 Å². The molecule has 0 aromatic carbocycles. The number of nitrogens with one attached hydrogen (secondary N) is 1. The Kier molecular flexibility index (Phi) is 2.77. The first-order valence-corrected chi connectivity index (χ1v) is 4.66. The molecule has 1 aromatic heterocycles. The fourth-order valence-corrected chi connectivity index (χ4v) is 1.43. The molecule has 13 heavy (non-hydrogen) atoms. The van der Waals surface area contributed by atoms with Gasteiger partial charge in [0.2, 0.25) is 0 Å². The van der Waals surface area contributed by atoms with Crippen molar-refractivity contribution in [3.05, 3.63) is 24.5 Å². The Labute approximate surface area is 78.1 Å². The quantitative estimate of drug-likeness (QED) is 0.748. The number of aromatic nitrogens is 1. The highest BCUT2D eigenvalue weighted by atomic mass is 16.5. The summed E-state index contributed by atoms with van der Waals surface area (Å²) in [5.41, 5.74) is 0.911. The van der Waals surface area contributed by atoms with Crippen LogP contribution in [0.25, 0.3) is 0 Å². The fraction of sp³-hybridized carbons (Fsp3) is 0.500. The lowest BCUT2D eigenvalue weighted by molar-refractivity contribution is 0.0343. The average molecular weight is 177 g/mol. The second-order valence-corrected chi connectivity index (χ2v) is 3.16. The van der Waals surface area contributed by atoms with E-state index >= 15 is 0 Å². The third kappa shape index (κ3) is 2.42. The minimum atomic E-state index is 0.147. The van der Waals surface area contributed by atoms with Crippen LogP contribution in [0.3, 0.4) is 0 Å². The summed E-state index contributed by atoms with van der Waals surface area (Å²) in [7, 11) is 0. The highest BCUT2D eigenvalue weighted by Gasteiger charge is 2.12. The first-order valence-electron chi connectivity index (χ1n) is 4.66. The van der Waals surface area contributed by atoms with E-state index in [9.17, 15) is 0 Å². The van der Waals surface area contributed by atoms with Crippen LogP contribution < -0.4 is 5.32 Å². The van der Waals surface area contributed by atoms with E-state index < -0.39 is 0 Å². The average Bonchev–Trinajstić information content (AvgIpc) is 2.21. The molecule has 3 heteroatoms. The van der Waals surface area contributed by atoms with Gasteiger partial charge in [-0.3, -0.25) is 4.98 Å². The molecule has 1 aliphatic heterocycles. The summed E-state index contributed by atoms with van der Waals surface area (Å²) in [5, 5.41) is 3.24. The van der Waals surface area contributed by atoms with Gasteiger partial charge in [-0.2, -0.15) is 0 Å². The van der Waals surface area contributed by atoms with Crippen molar-refractivity contribution in [3.63, 3.8) is 0 Å². The summed E-state index contributed by atoms with van der Waals surface area (Å²) in [6.45, 7) is 0.859. The molecule has 3 nitrogen and oxygen atoms in total. The van der Waals surface area contributed by atoms with Gasteiger partial charge in [0.25, 0.3) is 0 Å². The van der Waals surface area contributed by atoms with Crippen molar-refractivity contribution in [2.24, 2.45) is 0 Å². The number of hydrogen-bond donors (Lipinski definition) is 1. The molecule has 2 heterocycles. The standard InChI is InChI=1S/C10H13N2O/c1-2-7-13-10(5-1)12-9-4-3-6-11-8-9/h3-4,6,10,12H,1-2,5,7H2. The minimum absolute atomic E-state index is 0.147. The number of pyridine rings is 1. The summed E-state index contributed by atoms with van der Waals surface area (Å²) in [5.74, 6) is 0. The van der Waals surface area contributed by atoms with E-state index in [0.29, 0.717) is 0 Å². The van der Waals surface area contributed by atoms with E-state index in [2.05, 4.69) is 16.5 Å². The van der Waals surface area contributed by atoms with Crippen molar-refractivity contribution in [2.45, 2.75) is 25.5 Å². The molecule has 1 aromatic rings. The van der Waals surface area contributed by atoms with Crippen molar-refractivity contribution in [1.29, 1.82) is 0 Å². The van der Waals surface area contributed by atoms with Crippen LogP contribution in [0.15, 0.2) is 18.3 Å². The number of rotatable bonds is 2. The molecule has 0 amide bonds. The normalized spacial score (nSPS) is 22.6. The van der Waals surface area contributed by atoms with Gasteiger partial charge in [-0.25, -0.2) is 0 Å². The summed E-state index contributed by atoms with van der Waals surface area (Å²) >= 11 is 0. The van der Waals surface area contributed by atoms with E-state index in [1.165, 1.54) is 12.8 Å². The second kappa shape index (κ2) is 4.23. The van der Waals surface area contributed by atoms with Crippen LogP contribution in [-0.4, -0.2) is 17.8 Å². The SMILES string of the molecule is [c]1ncccc1NC1CCCCO1. The molecule has 0 aliphatic carbocycles. The number of hydrogen-bond acceptors (Lipinski definition) is 3. The van der Waals surface area contributed by atoms with Crippen LogP contribution >= 0.6 is 0 Å². The molecule has 2 rings (SSSR count). The van der Waals surface area contributed by atoms with E-state index in [1.807, 2.05) is 12.1 Å². The molecule has 0 spiro atoms. The van der Waals surface area contributed by atoms with E-state index in [4.69, 9.17) is 4.74 Å². The number of ether oxygens (including phenoxy) is 1. The van der Waals surface area contributed by atoms with Crippen LogP contribution in [0, 0.1) is 6.20 Å². The molecule has 1 saturated heterocycles. The van der Waals surface area contributed by atoms with Gasteiger partial charge < -0.3 is 10.1 Å². The predicted molar refractivity (Wildman–Crippen MR) is 50.3 cm³/mol. The van der Waals surface area contributed by atoms with Gasteiger partial charge in [-0.05, 0) is 31.4 Å². The third-order valence-electron chi connectivity index (χ3n) is 2.10. The van der Waals surface area contributed by atoms with Gasteiger partial charge in [-0.15, -0.1) is 0 Å². The van der Waals surface area contributed by atoms with Crippen LogP contribution in [0.1, 0.15) is 19.3 Å². The molecule has 0 bridgehead atoms. The molecule has 69 valence electrons. The topological polar surface area (TPSA) is 34.2 Å². The van der Waals surface area contributed by atoms with Crippen LogP contribution in [0.5, 0.6) is 0 Å². The molecular formula is C10H13N2O. The molecule has 1 N–H and O–H groups in total. The summed E-state index contributed by atoms with van der Waals surface area (Å²) in [4.78, 5) is 3.91. The maximum absolute atomic E-state index is 5.52. The minimum Gasteiger partial charge on any atom is -0.359 e. The Morgan fingerprint density at radius 1 is 1.54 bits per heavy atom. The first-order chi connectivity index (χ1) is 6.45. The van der Waals surface area contributed by atoms with Gasteiger partial charge in [0.1, 0.15) is 12.4 Å². The van der Waals surface area contributed by atoms with Crippen molar-refractivity contribution in [1.82, 2.24) is 4.98 Å². The van der Waals surface area contributed by atoms with Crippen LogP contribution in [0.4, 0.5) is 5.69 Å². The fourth-order valence-electron chi connectivity index (χ4n) is 1.43. The Morgan fingerprint density at radius 2 is 2.54 bits per heavy atom. The van der Waals surface area contributed by atoms with Gasteiger partial charge >= 0.3 is 0 Å². The van der Waals surface area contributed by atoms with Crippen LogP contribution in [-0.2, 0) is 4.74 Å². The van der Waals surface area contributed by atoms with Crippen LogP contribution in [0.2, 0.25) is 0 Å². The zero-order valence-corrected chi connectivity index (χ0v) is 7.49.